The van der Waals surface area contributed by atoms with E-state index in [1.54, 1.807) is 0 Å². The van der Waals surface area contributed by atoms with E-state index in [-0.39, 0.29) is 12.8 Å². The quantitative estimate of drug-likeness (QED) is 0.368. The highest BCUT2D eigenvalue weighted by Gasteiger charge is 2.03. The molecule has 0 heterocycles. The molecule has 110 valence electrons. The minimum absolute atomic E-state index is 0.0184. The van der Waals surface area contributed by atoms with Crippen molar-refractivity contribution in [1.82, 2.24) is 0 Å². The number of aryl methyl sites for hydroxylation is 1. The van der Waals surface area contributed by atoms with Gasteiger partial charge in [-0.3, -0.25) is 4.79 Å². The van der Waals surface area contributed by atoms with Crippen molar-refractivity contribution in [3.63, 3.8) is 0 Å². The van der Waals surface area contributed by atoms with Gasteiger partial charge in [0.1, 0.15) is 0 Å². The van der Waals surface area contributed by atoms with E-state index in [2.05, 4.69) is 0 Å². The van der Waals surface area contributed by atoms with Crippen molar-refractivity contribution in [2.45, 2.75) is 19.4 Å². The van der Waals surface area contributed by atoms with Gasteiger partial charge in [-0.25, -0.2) is 0 Å². The molecule has 0 aliphatic heterocycles. The maximum Gasteiger partial charge on any atom is 0.308 e. The standard InChI is InChI=1S/C17H19NO3/c18-16-9-6-14(7-10-16)8-11-17(19)21-13-20-12-15-4-2-1-3-5-15/h1-7,9-10H,8,11-13,18H2. The molecule has 0 aliphatic rings. The monoisotopic (exact) mass is 285 g/mol. The highest BCUT2D eigenvalue weighted by Crippen LogP contribution is 2.08. The molecule has 0 fully saturated rings. The van der Waals surface area contributed by atoms with Gasteiger partial charge in [0.05, 0.1) is 6.61 Å². The van der Waals surface area contributed by atoms with E-state index in [4.69, 9.17) is 15.2 Å². The molecule has 0 atom stereocenters. The molecule has 0 saturated heterocycles. The second kappa shape index (κ2) is 8.07. The Morgan fingerprint density at radius 3 is 2.38 bits per heavy atom. The molecule has 0 bridgehead atoms. The minimum Gasteiger partial charge on any atom is -0.438 e. The van der Waals surface area contributed by atoms with Gasteiger partial charge >= 0.3 is 5.97 Å². The summed E-state index contributed by atoms with van der Waals surface area (Å²) in [6.07, 6.45) is 0.969. The average molecular weight is 285 g/mol. The van der Waals surface area contributed by atoms with Crippen LogP contribution in [0.25, 0.3) is 0 Å². The summed E-state index contributed by atoms with van der Waals surface area (Å²) in [6.45, 7) is 0.418. The molecule has 21 heavy (non-hydrogen) atoms. The summed E-state index contributed by atoms with van der Waals surface area (Å²) in [6, 6.07) is 17.2. The van der Waals surface area contributed by atoms with Crippen LogP contribution in [0, 0.1) is 0 Å². The SMILES string of the molecule is Nc1ccc(CCC(=O)OCOCc2ccccc2)cc1. The van der Waals surface area contributed by atoms with E-state index in [9.17, 15) is 4.79 Å². The van der Waals surface area contributed by atoms with Crippen molar-refractivity contribution in [3.05, 3.63) is 65.7 Å². The van der Waals surface area contributed by atoms with Crippen LogP contribution < -0.4 is 5.73 Å². The fourth-order valence-corrected chi connectivity index (χ4v) is 1.84. The Bertz CT molecular complexity index is 552. The van der Waals surface area contributed by atoms with E-state index in [0.29, 0.717) is 19.4 Å². The Labute approximate surface area is 124 Å². The van der Waals surface area contributed by atoms with Crippen molar-refractivity contribution < 1.29 is 14.3 Å². The molecule has 2 N–H and O–H groups in total. The Kier molecular flexibility index (Phi) is 5.79. The van der Waals surface area contributed by atoms with Gasteiger partial charge in [0, 0.05) is 12.1 Å². The number of nitrogen functional groups attached to an aromatic ring is 1. The maximum atomic E-state index is 11.6. The first-order valence-corrected chi connectivity index (χ1v) is 6.86. The summed E-state index contributed by atoms with van der Waals surface area (Å²) in [5, 5.41) is 0. The summed E-state index contributed by atoms with van der Waals surface area (Å²) in [5.41, 5.74) is 8.43. The Morgan fingerprint density at radius 2 is 1.67 bits per heavy atom. The lowest BCUT2D eigenvalue weighted by Crippen LogP contribution is -2.09. The number of anilines is 1. The predicted molar refractivity (Wildman–Crippen MR) is 81.4 cm³/mol. The van der Waals surface area contributed by atoms with Crippen molar-refractivity contribution in [1.29, 1.82) is 0 Å². The molecular weight excluding hydrogens is 266 g/mol. The van der Waals surface area contributed by atoms with Crippen LogP contribution in [0.3, 0.4) is 0 Å². The number of carbonyl (C=O) groups excluding carboxylic acids is 1. The third-order valence-electron chi connectivity index (χ3n) is 3.01. The van der Waals surface area contributed by atoms with Crippen LogP contribution >= 0.6 is 0 Å². The van der Waals surface area contributed by atoms with Gasteiger partial charge in [0.15, 0.2) is 6.79 Å². The Hall–Kier alpha value is -2.33. The zero-order valence-corrected chi connectivity index (χ0v) is 11.8. The average Bonchev–Trinajstić information content (AvgIpc) is 2.52. The summed E-state index contributed by atoms with van der Waals surface area (Å²) in [7, 11) is 0. The normalized spacial score (nSPS) is 10.3. The van der Waals surface area contributed by atoms with E-state index in [0.717, 1.165) is 16.8 Å². The molecule has 2 aromatic rings. The van der Waals surface area contributed by atoms with Gasteiger partial charge in [0.2, 0.25) is 0 Å². The van der Waals surface area contributed by atoms with Crippen LogP contribution in [0.4, 0.5) is 5.69 Å². The van der Waals surface area contributed by atoms with Crippen molar-refractivity contribution in [2.75, 3.05) is 12.5 Å². The van der Waals surface area contributed by atoms with Crippen LogP contribution in [0.15, 0.2) is 54.6 Å². The number of hydrogen-bond donors (Lipinski definition) is 1. The fraction of sp³-hybridized carbons (Fsp3) is 0.235. The summed E-state index contributed by atoms with van der Waals surface area (Å²) < 4.78 is 10.3. The zero-order valence-electron chi connectivity index (χ0n) is 11.8. The van der Waals surface area contributed by atoms with E-state index < -0.39 is 0 Å². The predicted octanol–water partition coefficient (Wildman–Crippen LogP) is 2.92. The van der Waals surface area contributed by atoms with Crippen LogP contribution in [-0.4, -0.2) is 12.8 Å². The Morgan fingerprint density at radius 1 is 0.952 bits per heavy atom. The molecule has 2 rings (SSSR count). The fourth-order valence-electron chi connectivity index (χ4n) is 1.84. The molecule has 4 heteroatoms. The van der Waals surface area contributed by atoms with Crippen molar-refractivity contribution in [3.8, 4) is 0 Å². The molecule has 2 aromatic carbocycles. The van der Waals surface area contributed by atoms with E-state index in [1.165, 1.54) is 0 Å². The number of esters is 1. The van der Waals surface area contributed by atoms with Crippen LogP contribution in [0.5, 0.6) is 0 Å². The number of rotatable bonds is 7. The first-order valence-electron chi connectivity index (χ1n) is 6.86. The van der Waals surface area contributed by atoms with Crippen LogP contribution in [0.1, 0.15) is 17.5 Å². The van der Waals surface area contributed by atoms with Crippen LogP contribution in [0.2, 0.25) is 0 Å². The second-order valence-corrected chi connectivity index (χ2v) is 4.71. The minimum atomic E-state index is -0.264. The topological polar surface area (TPSA) is 61.6 Å². The molecule has 0 spiro atoms. The molecule has 0 saturated carbocycles. The number of carbonyl (C=O) groups is 1. The molecule has 0 amide bonds. The van der Waals surface area contributed by atoms with Gasteiger partial charge in [0.25, 0.3) is 0 Å². The summed E-state index contributed by atoms with van der Waals surface area (Å²) >= 11 is 0. The van der Waals surface area contributed by atoms with Gasteiger partial charge in [-0.2, -0.15) is 0 Å². The lowest BCUT2D eigenvalue weighted by molar-refractivity contribution is -0.157. The number of nitrogens with two attached hydrogens (primary N) is 1. The summed E-state index contributed by atoms with van der Waals surface area (Å²) in [4.78, 5) is 11.6. The van der Waals surface area contributed by atoms with Crippen molar-refractivity contribution >= 4 is 11.7 Å². The van der Waals surface area contributed by atoms with Gasteiger partial charge in [-0.1, -0.05) is 42.5 Å². The second-order valence-electron chi connectivity index (χ2n) is 4.71. The highest BCUT2D eigenvalue weighted by atomic mass is 16.7. The highest BCUT2D eigenvalue weighted by molar-refractivity contribution is 5.69. The number of ether oxygens (including phenoxy) is 2. The summed E-state index contributed by atoms with van der Waals surface area (Å²) in [5.74, 6) is -0.264. The molecule has 4 nitrogen and oxygen atoms in total. The third kappa shape index (κ3) is 5.67. The van der Waals surface area contributed by atoms with Crippen LogP contribution in [-0.2, 0) is 27.3 Å². The largest absolute Gasteiger partial charge is 0.438 e. The van der Waals surface area contributed by atoms with E-state index in [1.807, 2.05) is 54.6 Å². The van der Waals surface area contributed by atoms with Crippen molar-refractivity contribution in [2.24, 2.45) is 0 Å². The van der Waals surface area contributed by atoms with Gasteiger partial charge in [-0.05, 0) is 29.7 Å². The lowest BCUT2D eigenvalue weighted by atomic mass is 10.1. The lowest BCUT2D eigenvalue weighted by Gasteiger charge is -2.06. The maximum absolute atomic E-state index is 11.6. The van der Waals surface area contributed by atoms with E-state index >= 15 is 0 Å². The Balaban J connectivity index is 1.60. The first-order chi connectivity index (χ1) is 10.2. The number of hydrogen-bond acceptors (Lipinski definition) is 4. The molecular formula is C17H19NO3. The smallest absolute Gasteiger partial charge is 0.308 e. The number of benzene rings is 2. The molecule has 0 radical (unpaired) electrons. The third-order valence-corrected chi connectivity index (χ3v) is 3.01. The zero-order chi connectivity index (χ0) is 14.9. The molecule has 0 aliphatic carbocycles. The molecule has 0 aromatic heterocycles. The van der Waals surface area contributed by atoms with Gasteiger partial charge in [-0.15, -0.1) is 0 Å². The first kappa shape index (κ1) is 15.1. The molecule has 0 unspecified atom stereocenters. The van der Waals surface area contributed by atoms with Gasteiger partial charge < -0.3 is 15.2 Å².